The van der Waals surface area contributed by atoms with Crippen molar-refractivity contribution in [1.29, 1.82) is 0 Å². The van der Waals surface area contributed by atoms with Gasteiger partial charge in [0.05, 0.1) is 12.2 Å². The zero-order valence-corrected chi connectivity index (χ0v) is 11.3. The number of aliphatic hydroxyl groups excluding tert-OH is 2. The third-order valence-electron chi connectivity index (χ3n) is 4.28. The molecule has 1 aliphatic carbocycles. The predicted molar refractivity (Wildman–Crippen MR) is 73.3 cm³/mol. The first-order chi connectivity index (χ1) is 8.49. The lowest BCUT2D eigenvalue weighted by molar-refractivity contribution is 0.00131. The van der Waals surface area contributed by atoms with Gasteiger partial charge in [-0.15, -0.1) is 0 Å². The highest BCUT2D eigenvalue weighted by Gasteiger charge is 2.38. The Labute approximate surface area is 110 Å². The molecule has 1 aromatic carbocycles. The van der Waals surface area contributed by atoms with Crippen LogP contribution in [0, 0.1) is 11.3 Å². The third-order valence-corrected chi connectivity index (χ3v) is 4.28. The fourth-order valence-corrected chi connectivity index (χ4v) is 3.03. The Bertz CT molecular complexity index is 372. The lowest BCUT2D eigenvalue weighted by Crippen LogP contribution is -2.35. The Morgan fingerprint density at radius 2 is 1.83 bits per heavy atom. The predicted octanol–water partition coefficient (Wildman–Crippen LogP) is 2.78. The number of hydrogen-bond donors (Lipinski definition) is 2. The number of benzene rings is 1. The van der Waals surface area contributed by atoms with Gasteiger partial charge in [-0.05, 0) is 42.6 Å². The lowest BCUT2D eigenvalue weighted by Gasteiger charge is -2.33. The Hall–Kier alpha value is -0.860. The van der Waals surface area contributed by atoms with E-state index >= 15 is 0 Å². The molecule has 2 N–H and O–H groups in total. The summed E-state index contributed by atoms with van der Waals surface area (Å²) in [6, 6.07) is 10.2. The molecule has 1 saturated carbocycles. The quantitative estimate of drug-likeness (QED) is 0.790. The summed E-state index contributed by atoms with van der Waals surface area (Å²) in [4.78, 5) is 0. The fourth-order valence-electron chi connectivity index (χ4n) is 3.03. The minimum absolute atomic E-state index is 0.100. The molecule has 18 heavy (non-hydrogen) atoms. The zero-order chi connectivity index (χ0) is 13.2. The summed E-state index contributed by atoms with van der Waals surface area (Å²) in [5.41, 5.74) is 1.14. The molecular weight excluding hydrogens is 224 g/mol. The molecule has 0 aromatic heterocycles. The van der Waals surface area contributed by atoms with Crippen LogP contribution < -0.4 is 0 Å². The van der Waals surface area contributed by atoms with Crippen molar-refractivity contribution in [3.8, 4) is 0 Å². The van der Waals surface area contributed by atoms with Crippen molar-refractivity contribution >= 4 is 0 Å². The van der Waals surface area contributed by atoms with Crippen LogP contribution in [-0.2, 0) is 6.42 Å². The van der Waals surface area contributed by atoms with E-state index in [-0.39, 0.29) is 23.5 Å². The smallest absolute Gasteiger partial charge is 0.0623 e. The molecule has 0 bridgehead atoms. The van der Waals surface area contributed by atoms with Crippen LogP contribution in [0.3, 0.4) is 0 Å². The number of aliphatic hydroxyl groups is 2. The molecule has 0 amide bonds. The second-order valence-corrected chi connectivity index (χ2v) is 6.31. The first kappa shape index (κ1) is 13.6. The minimum atomic E-state index is -0.338. The summed E-state index contributed by atoms with van der Waals surface area (Å²) >= 11 is 0. The summed E-state index contributed by atoms with van der Waals surface area (Å²) in [6.45, 7) is 4.21. The maximum absolute atomic E-state index is 10.5. The van der Waals surface area contributed by atoms with Gasteiger partial charge in [-0.1, -0.05) is 44.2 Å². The highest BCUT2D eigenvalue weighted by atomic mass is 16.3. The standard InChI is InChI=1S/C16H24O2/c1-16(2)9-8-14(17)11-13(15(16)18)10-12-6-4-3-5-7-12/h3-7,13-15,17-18H,8-11H2,1-2H3/t13-,14+,15+/m1/s1. The molecule has 0 saturated heterocycles. The summed E-state index contributed by atoms with van der Waals surface area (Å²) < 4.78 is 0. The summed E-state index contributed by atoms with van der Waals surface area (Å²) in [5, 5.41) is 20.5. The van der Waals surface area contributed by atoms with Gasteiger partial charge in [0, 0.05) is 0 Å². The van der Waals surface area contributed by atoms with Crippen LogP contribution in [0.15, 0.2) is 30.3 Å². The Morgan fingerprint density at radius 3 is 2.50 bits per heavy atom. The van der Waals surface area contributed by atoms with Crippen molar-refractivity contribution in [3.63, 3.8) is 0 Å². The van der Waals surface area contributed by atoms with Gasteiger partial charge in [0.2, 0.25) is 0 Å². The van der Waals surface area contributed by atoms with Crippen LogP contribution in [0.2, 0.25) is 0 Å². The minimum Gasteiger partial charge on any atom is -0.393 e. The molecule has 0 radical (unpaired) electrons. The Kier molecular flexibility index (Phi) is 4.08. The van der Waals surface area contributed by atoms with E-state index in [1.807, 2.05) is 18.2 Å². The number of rotatable bonds is 2. The first-order valence-electron chi connectivity index (χ1n) is 6.89. The first-order valence-corrected chi connectivity index (χ1v) is 6.89. The highest BCUT2D eigenvalue weighted by Crippen LogP contribution is 2.38. The zero-order valence-electron chi connectivity index (χ0n) is 11.3. The summed E-state index contributed by atoms with van der Waals surface area (Å²) in [7, 11) is 0. The molecule has 0 heterocycles. The topological polar surface area (TPSA) is 40.5 Å². The van der Waals surface area contributed by atoms with E-state index in [1.165, 1.54) is 5.56 Å². The SMILES string of the molecule is CC1(C)CC[C@H](O)C[C@@H](Cc2ccccc2)[C@@H]1O. The van der Waals surface area contributed by atoms with Crippen molar-refractivity contribution in [2.24, 2.45) is 11.3 Å². The van der Waals surface area contributed by atoms with Gasteiger partial charge >= 0.3 is 0 Å². The van der Waals surface area contributed by atoms with Crippen molar-refractivity contribution in [3.05, 3.63) is 35.9 Å². The van der Waals surface area contributed by atoms with E-state index in [1.54, 1.807) is 0 Å². The van der Waals surface area contributed by atoms with Gasteiger partial charge in [-0.3, -0.25) is 0 Å². The maximum Gasteiger partial charge on any atom is 0.0623 e. The van der Waals surface area contributed by atoms with Crippen LogP contribution in [0.1, 0.15) is 38.7 Å². The number of hydrogen-bond acceptors (Lipinski definition) is 2. The van der Waals surface area contributed by atoms with E-state index in [9.17, 15) is 10.2 Å². The Morgan fingerprint density at radius 1 is 1.17 bits per heavy atom. The second-order valence-electron chi connectivity index (χ2n) is 6.31. The van der Waals surface area contributed by atoms with E-state index < -0.39 is 0 Å². The van der Waals surface area contributed by atoms with E-state index in [2.05, 4.69) is 26.0 Å². The molecule has 1 aliphatic rings. The monoisotopic (exact) mass is 248 g/mol. The molecule has 0 aliphatic heterocycles. The van der Waals surface area contributed by atoms with Gasteiger partial charge < -0.3 is 10.2 Å². The molecule has 2 nitrogen and oxygen atoms in total. The van der Waals surface area contributed by atoms with Gasteiger partial charge in [0.15, 0.2) is 0 Å². The average molecular weight is 248 g/mol. The normalized spacial score (nSPS) is 31.9. The molecule has 1 fully saturated rings. The second kappa shape index (κ2) is 5.41. The van der Waals surface area contributed by atoms with Gasteiger partial charge in [-0.25, -0.2) is 0 Å². The van der Waals surface area contributed by atoms with Gasteiger partial charge in [-0.2, -0.15) is 0 Å². The van der Waals surface area contributed by atoms with Crippen molar-refractivity contribution in [2.45, 2.75) is 51.7 Å². The molecule has 0 unspecified atom stereocenters. The van der Waals surface area contributed by atoms with Crippen molar-refractivity contribution < 1.29 is 10.2 Å². The van der Waals surface area contributed by atoms with Crippen LogP contribution in [0.25, 0.3) is 0 Å². The molecule has 100 valence electrons. The van der Waals surface area contributed by atoms with Gasteiger partial charge in [0.25, 0.3) is 0 Å². The van der Waals surface area contributed by atoms with E-state index in [0.717, 1.165) is 19.3 Å². The van der Waals surface area contributed by atoms with E-state index in [0.29, 0.717) is 6.42 Å². The summed E-state index contributed by atoms with van der Waals surface area (Å²) in [6.07, 6.45) is 2.64. The fraction of sp³-hybridized carbons (Fsp3) is 0.625. The lowest BCUT2D eigenvalue weighted by atomic mass is 9.76. The molecule has 0 spiro atoms. The van der Waals surface area contributed by atoms with Crippen LogP contribution in [-0.4, -0.2) is 22.4 Å². The molecular formula is C16H24O2. The largest absolute Gasteiger partial charge is 0.393 e. The molecule has 2 heteroatoms. The van der Waals surface area contributed by atoms with Crippen LogP contribution in [0.5, 0.6) is 0 Å². The molecule has 1 aromatic rings. The summed E-state index contributed by atoms with van der Waals surface area (Å²) in [5.74, 6) is 0.153. The Balaban J connectivity index is 2.14. The van der Waals surface area contributed by atoms with Crippen molar-refractivity contribution in [1.82, 2.24) is 0 Å². The van der Waals surface area contributed by atoms with Crippen molar-refractivity contribution in [2.75, 3.05) is 0 Å². The average Bonchev–Trinajstić information content (AvgIpc) is 2.44. The third kappa shape index (κ3) is 3.12. The molecule has 3 atom stereocenters. The van der Waals surface area contributed by atoms with Crippen LogP contribution in [0.4, 0.5) is 0 Å². The highest BCUT2D eigenvalue weighted by molar-refractivity contribution is 5.16. The maximum atomic E-state index is 10.5. The van der Waals surface area contributed by atoms with Crippen LogP contribution >= 0.6 is 0 Å². The van der Waals surface area contributed by atoms with Gasteiger partial charge in [0.1, 0.15) is 0 Å². The molecule has 2 rings (SSSR count). The van der Waals surface area contributed by atoms with E-state index in [4.69, 9.17) is 0 Å².